The lowest BCUT2D eigenvalue weighted by Gasteiger charge is -2.14. The third-order valence-electron chi connectivity index (χ3n) is 4.40. The number of benzene rings is 2. The number of methoxy groups -OCH3 is 1. The van der Waals surface area contributed by atoms with E-state index in [0.717, 1.165) is 22.2 Å². The standard InChI is InChI=1S/C22H20N4O2S/c1-27-20-10-18-19(24-14-25-22(18)26-16-4-3-9-23-12-16)11-21(20)28-13-15-5-7-17(29-2)8-6-15/h3-12,14H,13H2,1-2H3,(H,24,25,26). The second kappa shape index (κ2) is 8.79. The molecule has 0 aliphatic rings. The molecule has 4 aromatic rings. The van der Waals surface area contributed by atoms with Crippen LogP contribution in [0.15, 0.2) is 72.1 Å². The Hall–Kier alpha value is -3.32. The van der Waals surface area contributed by atoms with E-state index in [-0.39, 0.29) is 0 Å². The van der Waals surface area contributed by atoms with Crippen molar-refractivity contribution in [3.05, 3.63) is 72.8 Å². The molecule has 4 rings (SSSR count). The maximum Gasteiger partial charge on any atom is 0.163 e. The van der Waals surface area contributed by atoms with E-state index in [1.54, 1.807) is 31.3 Å². The molecule has 7 heteroatoms. The SMILES string of the molecule is COc1cc2c(Nc3cccnc3)ncnc2cc1OCc1ccc(SC)cc1. The maximum absolute atomic E-state index is 6.03. The number of anilines is 2. The molecular weight excluding hydrogens is 384 g/mol. The molecule has 0 aliphatic carbocycles. The van der Waals surface area contributed by atoms with E-state index in [4.69, 9.17) is 9.47 Å². The maximum atomic E-state index is 6.03. The first-order chi connectivity index (χ1) is 14.3. The van der Waals surface area contributed by atoms with Crippen molar-refractivity contribution < 1.29 is 9.47 Å². The molecule has 2 aromatic heterocycles. The summed E-state index contributed by atoms with van der Waals surface area (Å²) in [6.07, 6.45) is 7.05. The van der Waals surface area contributed by atoms with Crippen LogP contribution in [0.4, 0.5) is 11.5 Å². The van der Waals surface area contributed by atoms with Crippen LogP contribution in [0.2, 0.25) is 0 Å². The van der Waals surface area contributed by atoms with E-state index in [2.05, 4.69) is 50.8 Å². The van der Waals surface area contributed by atoms with Crippen molar-refractivity contribution in [1.29, 1.82) is 0 Å². The Bertz CT molecular complexity index is 1110. The van der Waals surface area contributed by atoms with Crippen molar-refractivity contribution in [1.82, 2.24) is 15.0 Å². The zero-order valence-electron chi connectivity index (χ0n) is 16.1. The first-order valence-electron chi connectivity index (χ1n) is 9.02. The Morgan fingerprint density at radius 2 is 1.90 bits per heavy atom. The van der Waals surface area contributed by atoms with E-state index in [1.165, 1.54) is 11.2 Å². The van der Waals surface area contributed by atoms with Crippen LogP contribution in [-0.4, -0.2) is 28.3 Å². The second-order valence-corrected chi connectivity index (χ2v) is 7.13. The molecule has 2 heterocycles. The molecule has 29 heavy (non-hydrogen) atoms. The second-order valence-electron chi connectivity index (χ2n) is 6.25. The summed E-state index contributed by atoms with van der Waals surface area (Å²) in [6.45, 7) is 0.447. The highest BCUT2D eigenvalue weighted by Crippen LogP contribution is 2.35. The van der Waals surface area contributed by atoms with Gasteiger partial charge in [-0.2, -0.15) is 0 Å². The van der Waals surface area contributed by atoms with Gasteiger partial charge in [0.05, 0.1) is 24.5 Å². The first kappa shape index (κ1) is 19.0. The monoisotopic (exact) mass is 404 g/mol. The van der Waals surface area contributed by atoms with Crippen LogP contribution in [0.3, 0.4) is 0 Å². The number of nitrogens with zero attached hydrogens (tertiary/aromatic N) is 3. The number of aromatic nitrogens is 3. The minimum absolute atomic E-state index is 0.447. The summed E-state index contributed by atoms with van der Waals surface area (Å²) in [5.74, 6) is 1.95. The minimum atomic E-state index is 0.447. The van der Waals surface area contributed by atoms with Gasteiger partial charge >= 0.3 is 0 Å². The first-order valence-corrected chi connectivity index (χ1v) is 10.2. The highest BCUT2D eigenvalue weighted by atomic mass is 32.2. The summed E-state index contributed by atoms with van der Waals surface area (Å²) in [6, 6.07) is 15.9. The predicted octanol–water partition coefficient (Wildman–Crippen LogP) is 5.08. The van der Waals surface area contributed by atoms with Crippen LogP contribution in [0, 0.1) is 0 Å². The molecular formula is C22H20N4O2S. The van der Waals surface area contributed by atoms with Crippen molar-refractivity contribution in [3.8, 4) is 11.5 Å². The number of pyridine rings is 1. The molecule has 0 fully saturated rings. The third kappa shape index (κ3) is 4.41. The number of fused-ring (bicyclic) bond motifs is 1. The average molecular weight is 404 g/mol. The molecule has 0 amide bonds. The molecule has 0 saturated carbocycles. The van der Waals surface area contributed by atoms with Gasteiger partial charge in [0.25, 0.3) is 0 Å². The molecule has 0 bridgehead atoms. The van der Waals surface area contributed by atoms with Gasteiger partial charge < -0.3 is 14.8 Å². The molecule has 0 radical (unpaired) electrons. The summed E-state index contributed by atoms with van der Waals surface area (Å²) >= 11 is 1.72. The molecule has 0 unspecified atom stereocenters. The fourth-order valence-electron chi connectivity index (χ4n) is 2.89. The Labute approximate surface area is 173 Å². The molecule has 0 aliphatic heterocycles. The third-order valence-corrected chi connectivity index (χ3v) is 5.14. The van der Waals surface area contributed by atoms with Crippen molar-refractivity contribution in [2.75, 3.05) is 18.7 Å². The molecule has 1 N–H and O–H groups in total. The Morgan fingerprint density at radius 1 is 1.03 bits per heavy atom. The Balaban J connectivity index is 1.61. The van der Waals surface area contributed by atoms with E-state index in [0.29, 0.717) is 23.9 Å². The normalized spacial score (nSPS) is 10.7. The number of rotatable bonds is 7. The predicted molar refractivity (Wildman–Crippen MR) is 116 cm³/mol. The summed E-state index contributed by atoms with van der Waals surface area (Å²) in [5.41, 5.74) is 2.70. The smallest absolute Gasteiger partial charge is 0.163 e. The molecule has 0 saturated heterocycles. The van der Waals surface area contributed by atoms with Gasteiger partial charge in [0.2, 0.25) is 0 Å². The number of hydrogen-bond acceptors (Lipinski definition) is 7. The van der Waals surface area contributed by atoms with Crippen molar-refractivity contribution in [2.24, 2.45) is 0 Å². The quantitative estimate of drug-likeness (QED) is 0.431. The Kier molecular flexibility index (Phi) is 5.76. The van der Waals surface area contributed by atoms with E-state index < -0.39 is 0 Å². The van der Waals surface area contributed by atoms with Gasteiger partial charge in [0.1, 0.15) is 18.8 Å². The fraction of sp³-hybridized carbons (Fsp3) is 0.136. The van der Waals surface area contributed by atoms with Crippen LogP contribution in [0.5, 0.6) is 11.5 Å². The van der Waals surface area contributed by atoms with Gasteiger partial charge in [-0.3, -0.25) is 4.98 Å². The van der Waals surface area contributed by atoms with Crippen LogP contribution >= 0.6 is 11.8 Å². The van der Waals surface area contributed by atoms with Gasteiger partial charge in [0.15, 0.2) is 11.5 Å². The minimum Gasteiger partial charge on any atom is -0.493 e. The van der Waals surface area contributed by atoms with Gasteiger partial charge in [0, 0.05) is 22.5 Å². The molecule has 6 nitrogen and oxygen atoms in total. The summed E-state index contributed by atoms with van der Waals surface area (Å²) in [7, 11) is 1.62. The van der Waals surface area contributed by atoms with Gasteiger partial charge in [-0.05, 0) is 42.2 Å². The molecule has 2 aromatic carbocycles. The fourth-order valence-corrected chi connectivity index (χ4v) is 3.30. The number of thioether (sulfide) groups is 1. The zero-order valence-corrected chi connectivity index (χ0v) is 16.9. The molecule has 0 atom stereocenters. The summed E-state index contributed by atoms with van der Waals surface area (Å²) in [4.78, 5) is 14.1. The van der Waals surface area contributed by atoms with E-state index in [1.807, 2.05) is 24.3 Å². The van der Waals surface area contributed by atoms with Crippen LogP contribution in [-0.2, 0) is 6.61 Å². The average Bonchev–Trinajstić information content (AvgIpc) is 2.78. The van der Waals surface area contributed by atoms with Crippen LogP contribution < -0.4 is 14.8 Å². The van der Waals surface area contributed by atoms with Gasteiger partial charge in [-0.1, -0.05) is 12.1 Å². The lowest BCUT2D eigenvalue weighted by Crippen LogP contribution is -2.00. The molecule has 0 spiro atoms. The van der Waals surface area contributed by atoms with Crippen molar-refractivity contribution >= 4 is 34.2 Å². The topological polar surface area (TPSA) is 69.2 Å². The van der Waals surface area contributed by atoms with Crippen molar-refractivity contribution in [3.63, 3.8) is 0 Å². The zero-order chi connectivity index (χ0) is 20.1. The highest BCUT2D eigenvalue weighted by Gasteiger charge is 2.12. The van der Waals surface area contributed by atoms with E-state index in [9.17, 15) is 0 Å². The van der Waals surface area contributed by atoms with Gasteiger partial charge in [-0.25, -0.2) is 9.97 Å². The molecule has 146 valence electrons. The highest BCUT2D eigenvalue weighted by molar-refractivity contribution is 7.98. The van der Waals surface area contributed by atoms with Crippen LogP contribution in [0.1, 0.15) is 5.56 Å². The Morgan fingerprint density at radius 3 is 2.62 bits per heavy atom. The lowest BCUT2D eigenvalue weighted by atomic mass is 10.2. The number of hydrogen-bond donors (Lipinski definition) is 1. The summed E-state index contributed by atoms with van der Waals surface area (Å²) < 4.78 is 11.6. The van der Waals surface area contributed by atoms with Crippen LogP contribution in [0.25, 0.3) is 10.9 Å². The number of ether oxygens (including phenoxy) is 2. The lowest BCUT2D eigenvalue weighted by molar-refractivity contribution is 0.285. The van der Waals surface area contributed by atoms with Crippen molar-refractivity contribution in [2.45, 2.75) is 11.5 Å². The van der Waals surface area contributed by atoms with Gasteiger partial charge in [-0.15, -0.1) is 11.8 Å². The van der Waals surface area contributed by atoms with E-state index >= 15 is 0 Å². The largest absolute Gasteiger partial charge is 0.493 e. The number of nitrogens with one attached hydrogen (secondary N) is 1. The summed E-state index contributed by atoms with van der Waals surface area (Å²) in [5, 5.41) is 4.11.